The molecule has 0 aliphatic carbocycles. The molecule has 0 unspecified atom stereocenters. The summed E-state index contributed by atoms with van der Waals surface area (Å²) in [6, 6.07) is 0. The first-order chi connectivity index (χ1) is 4.57. The molecule has 1 heterocycles. The van der Waals surface area contributed by atoms with E-state index >= 15 is 0 Å². The van der Waals surface area contributed by atoms with E-state index < -0.39 is 7.82 Å². The van der Waals surface area contributed by atoms with Crippen molar-refractivity contribution in [1.82, 2.24) is 0 Å². The third kappa shape index (κ3) is 1.71. The molecule has 1 aliphatic heterocycles. The molecule has 0 aromatic heterocycles. The number of phosphoric ester groups is 1. The SMILES string of the molecule is C[C@H]1OP(=O)(OI)O[C@@H]1C. The zero-order chi connectivity index (χ0) is 7.78. The molecular weight excluding hydrogens is 270 g/mol. The molecule has 4 nitrogen and oxygen atoms in total. The summed E-state index contributed by atoms with van der Waals surface area (Å²) in [6.45, 7) is 3.58. The predicted molar refractivity (Wildman–Crippen MR) is 43.8 cm³/mol. The Bertz CT molecular complexity index is 159. The third-order valence-electron chi connectivity index (χ3n) is 1.34. The van der Waals surface area contributed by atoms with Crippen molar-refractivity contribution in [2.45, 2.75) is 26.1 Å². The summed E-state index contributed by atoms with van der Waals surface area (Å²) in [5.74, 6) is 0. The van der Waals surface area contributed by atoms with Crippen molar-refractivity contribution in [2.24, 2.45) is 0 Å². The van der Waals surface area contributed by atoms with Gasteiger partial charge in [-0.1, -0.05) is 0 Å². The first kappa shape index (κ1) is 8.93. The van der Waals surface area contributed by atoms with Crippen LogP contribution in [0.5, 0.6) is 0 Å². The van der Waals surface area contributed by atoms with Crippen LogP contribution in [0.2, 0.25) is 0 Å². The Balaban J connectivity index is 2.64. The van der Waals surface area contributed by atoms with Gasteiger partial charge < -0.3 is 0 Å². The quantitative estimate of drug-likeness (QED) is 0.545. The fourth-order valence-corrected chi connectivity index (χ4v) is 2.47. The molecule has 60 valence electrons. The van der Waals surface area contributed by atoms with E-state index in [0.29, 0.717) is 0 Å². The highest BCUT2D eigenvalue weighted by molar-refractivity contribution is 14.1. The van der Waals surface area contributed by atoms with Crippen LogP contribution in [-0.4, -0.2) is 12.2 Å². The fraction of sp³-hybridized carbons (Fsp3) is 1.00. The van der Waals surface area contributed by atoms with Crippen molar-refractivity contribution in [1.29, 1.82) is 0 Å². The van der Waals surface area contributed by atoms with Crippen LogP contribution in [-0.2, 0) is 16.5 Å². The van der Waals surface area contributed by atoms with Crippen molar-refractivity contribution >= 4 is 30.8 Å². The second-order valence-electron chi connectivity index (χ2n) is 2.14. The summed E-state index contributed by atoms with van der Waals surface area (Å²) in [5, 5.41) is 0. The zero-order valence-electron chi connectivity index (χ0n) is 5.61. The minimum Gasteiger partial charge on any atom is -0.281 e. The molecule has 0 amide bonds. The molecule has 0 spiro atoms. The number of hydrogen-bond acceptors (Lipinski definition) is 4. The van der Waals surface area contributed by atoms with Gasteiger partial charge in [-0.15, -0.1) is 0 Å². The molecule has 0 aromatic carbocycles. The number of hydrogen-bond donors (Lipinski definition) is 0. The minimum absolute atomic E-state index is 0.152. The molecule has 6 heteroatoms. The number of halogens is 1. The summed E-state index contributed by atoms with van der Waals surface area (Å²) in [4.78, 5) is 0. The molecule has 10 heavy (non-hydrogen) atoms. The van der Waals surface area contributed by atoms with Crippen LogP contribution in [0.3, 0.4) is 0 Å². The van der Waals surface area contributed by atoms with E-state index in [1.807, 2.05) is 0 Å². The van der Waals surface area contributed by atoms with E-state index in [-0.39, 0.29) is 12.2 Å². The number of rotatable bonds is 1. The van der Waals surface area contributed by atoms with Crippen LogP contribution in [0.25, 0.3) is 0 Å². The summed E-state index contributed by atoms with van der Waals surface area (Å²) >= 11 is 1.51. The van der Waals surface area contributed by atoms with Crippen molar-refractivity contribution in [3.63, 3.8) is 0 Å². The Morgan fingerprint density at radius 2 is 1.80 bits per heavy atom. The smallest absolute Gasteiger partial charge is 0.281 e. The molecule has 1 rings (SSSR count). The highest BCUT2D eigenvalue weighted by Crippen LogP contribution is 2.58. The lowest BCUT2D eigenvalue weighted by molar-refractivity contribution is 0.187. The molecule has 0 N–H and O–H groups in total. The van der Waals surface area contributed by atoms with E-state index in [4.69, 9.17) is 9.05 Å². The van der Waals surface area contributed by atoms with Crippen molar-refractivity contribution in [3.05, 3.63) is 0 Å². The molecule has 0 bridgehead atoms. The molecule has 1 fully saturated rings. The van der Waals surface area contributed by atoms with Gasteiger partial charge in [0.25, 0.3) is 0 Å². The van der Waals surface area contributed by atoms with Gasteiger partial charge >= 0.3 is 7.82 Å². The van der Waals surface area contributed by atoms with Gasteiger partial charge in [-0.2, -0.15) is 0 Å². The normalized spacial score (nSPS) is 38.3. The summed E-state index contributed by atoms with van der Waals surface area (Å²) in [5.41, 5.74) is 0. The van der Waals surface area contributed by atoms with Gasteiger partial charge in [0.1, 0.15) is 23.0 Å². The fourth-order valence-electron chi connectivity index (χ4n) is 0.636. The van der Waals surface area contributed by atoms with E-state index in [0.717, 1.165) is 0 Å². The summed E-state index contributed by atoms with van der Waals surface area (Å²) < 4.78 is 25.5. The highest BCUT2D eigenvalue weighted by Gasteiger charge is 2.41. The van der Waals surface area contributed by atoms with Gasteiger partial charge in [0, 0.05) is 0 Å². The molecule has 1 saturated heterocycles. The summed E-state index contributed by atoms with van der Waals surface area (Å²) in [6.07, 6.45) is -0.304. The second kappa shape index (κ2) is 3.06. The Kier molecular flexibility index (Phi) is 2.74. The zero-order valence-corrected chi connectivity index (χ0v) is 8.66. The van der Waals surface area contributed by atoms with E-state index in [1.54, 1.807) is 13.8 Å². The van der Waals surface area contributed by atoms with Gasteiger partial charge in [0.05, 0.1) is 12.2 Å². The van der Waals surface area contributed by atoms with Gasteiger partial charge in [0.2, 0.25) is 0 Å². The Labute approximate surface area is 73.5 Å². The lowest BCUT2D eigenvalue weighted by atomic mass is 10.3. The average Bonchev–Trinajstić information content (AvgIpc) is 2.10. The largest absolute Gasteiger partial charge is 0.485 e. The topological polar surface area (TPSA) is 44.8 Å². The first-order valence-electron chi connectivity index (χ1n) is 2.84. The first-order valence-corrected chi connectivity index (χ1v) is 5.19. The van der Waals surface area contributed by atoms with Crippen molar-refractivity contribution in [2.75, 3.05) is 0 Å². The third-order valence-corrected chi connectivity index (χ3v) is 4.13. The monoisotopic (exact) mass is 278 g/mol. The Hall–Kier alpha value is 0.840. The molecule has 1 aliphatic rings. The van der Waals surface area contributed by atoms with E-state index in [2.05, 4.69) is 2.85 Å². The Morgan fingerprint density at radius 3 is 2.00 bits per heavy atom. The van der Waals surface area contributed by atoms with E-state index in [9.17, 15) is 4.57 Å². The van der Waals surface area contributed by atoms with Gasteiger partial charge in [0.15, 0.2) is 0 Å². The molecular formula is C4H8IO4P. The van der Waals surface area contributed by atoms with Crippen LogP contribution >= 0.6 is 30.8 Å². The number of phosphoric acid groups is 1. The molecule has 0 saturated carbocycles. The second-order valence-corrected chi connectivity index (χ2v) is 4.77. The standard InChI is InChI=1S/C4H8IO4P/c1-3-4(2)8-10(6,7-3)9-5/h3-4H,1-2H3/t3-,4-/m1/s1. The lowest BCUT2D eigenvalue weighted by Crippen LogP contribution is -2.13. The molecule has 2 atom stereocenters. The minimum atomic E-state index is -3.18. The van der Waals surface area contributed by atoms with Gasteiger partial charge in [-0.05, 0) is 13.8 Å². The maximum absolute atomic E-state index is 11.1. The van der Waals surface area contributed by atoms with Crippen LogP contribution in [0.4, 0.5) is 0 Å². The van der Waals surface area contributed by atoms with Crippen LogP contribution < -0.4 is 0 Å². The Morgan fingerprint density at radius 1 is 1.40 bits per heavy atom. The van der Waals surface area contributed by atoms with Crippen LogP contribution in [0.15, 0.2) is 0 Å². The predicted octanol–water partition coefficient (Wildman–Crippen LogP) is 2.28. The average molecular weight is 278 g/mol. The summed E-state index contributed by atoms with van der Waals surface area (Å²) in [7, 11) is -3.18. The van der Waals surface area contributed by atoms with Gasteiger partial charge in [-0.3, -0.25) is 9.05 Å². The lowest BCUT2D eigenvalue weighted by Gasteiger charge is -2.02. The molecule has 0 aromatic rings. The highest BCUT2D eigenvalue weighted by atomic mass is 127. The van der Waals surface area contributed by atoms with E-state index in [1.165, 1.54) is 23.0 Å². The maximum atomic E-state index is 11.1. The van der Waals surface area contributed by atoms with Crippen LogP contribution in [0.1, 0.15) is 13.8 Å². The van der Waals surface area contributed by atoms with Crippen molar-refractivity contribution < 1.29 is 16.5 Å². The maximum Gasteiger partial charge on any atom is 0.485 e. The van der Waals surface area contributed by atoms with Gasteiger partial charge in [-0.25, -0.2) is 7.42 Å². The molecule has 0 radical (unpaired) electrons. The van der Waals surface area contributed by atoms with Crippen molar-refractivity contribution in [3.8, 4) is 0 Å². The van der Waals surface area contributed by atoms with Crippen LogP contribution in [0, 0.1) is 0 Å².